The Bertz CT molecular complexity index is 459. The third kappa shape index (κ3) is 1.61. The lowest BCUT2D eigenvalue weighted by molar-refractivity contribution is 0.183. The van der Waals surface area contributed by atoms with Gasteiger partial charge in [-0.1, -0.05) is 0 Å². The summed E-state index contributed by atoms with van der Waals surface area (Å²) in [5.74, 6) is 0.511. The number of nitrogen functional groups attached to an aromatic ring is 1. The van der Waals surface area contributed by atoms with Gasteiger partial charge in [0.15, 0.2) is 0 Å². The summed E-state index contributed by atoms with van der Waals surface area (Å²) in [4.78, 5) is 11.9. The van der Waals surface area contributed by atoms with Crippen LogP contribution in [0.15, 0.2) is 10.9 Å². The first-order chi connectivity index (χ1) is 7.75. The maximum absolute atomic E-state index is 11.9. The van der Waals surface area contributed by atoms with Crippen LogP contribution in [0.2, 0.25) is 0 Å². The first kappa shape index (κ1) is 9.84. The van der Waals surface area contributed by atoms with E-state index in [1.807, 2.05) is 0 Å². The molecule has 5 nitrogen and oxygen atoms in total. The highest BCUT2D eigenvalue weighted by atomic mass is 16.5. The second-order valence-electron chi connectivity index (χ2n) is 4.57. The molecule has 0 unspecified atom stereocenters. The van der Waals surface area contributed by atoms with E-state index in [0.29, 0.717) is 24.8 Å². The smallest absolute Gasteiger partial charge is 0.290 e. The molecule has 0 aromatic carbocycles. The molecule has 1 aromatic rings. The first-order valence-corrected chi connectivity index (χ1v) is 5.72. The van der Waals surface area contributed by atoms with Gasteiger partial charge in [-0.15, -0.1) is 0 Å². The second-order valence-corrected chi connectivity index (χ2v) is 4.57. The molecule has 0 amide bonds. The van der Waals surface area contributed by atoms with Crippen LogP contribution in [-0.2, 0) is 4.74 Å². The summed E-state index contributed by atoms with van der Waals surface area (Å²) in [7, 11) is 0. The quantitative estimate of drug-likeness (QED) is 0.796. The van der Waals surface area contributed by atoms with Crippen LogP contribution in [-0.4, -0.2) is 23.0 Å². The van der Waals surface area contributed by atoms with Crippen molar-refractivity contribution in [2.24, 2.45) is 0 Å². The van der Waals surface area contributed by atoms with E-state index in [-0.39, 0.29) is 11.6 Å². The molecule has 3 rings (SSSR count). The Balaban J connectivity index is 2.03. The molecule has 0 spiro atoms. The van der Waals surface area contributed by atoms with Gasteiger partial charge in [0, 0.05) is 12.5 Å². The lowest BCUT2D eigenvalue weighted by atomic mass is 10.2. The predicted octanol–water partition coefficient (Wildman–Crippen LogP) is 0.664. The average Bonchev–Trinajstić information content (AvgIpc) is 2.98. The second kappa shape index (κ2) is 3.59. The largest absolute Gasteiger partial charge is 0.394 e. The molecule has 1 aliphatic heterocycles. The molecule has 5 heteroatoms. The van der Waals surface area contributed by atoms with Crippen LogP contribution in [0.25, 0.3) is 0 Å². The summed E-state index contributed by atoms with van der Waals surface area (Å²) in [6.07, 6.45) is 3.16. The van der Waals surface area contributed by atoms with Gasteiger partial charge >= 0.3 is 0 Å². The van der Waals surface area contributed by atoms with Crippen LogP contribution in [0.4, 0.5) is 5.69 Å². The van der Waals surface area contributed by atoms with E-state index in [0.717, 1.165) is 25.0 Å². The minimum absolute atomic E-state index is 0.0634. The Morgan fingerprint density at radius 3 is 2.88 bits per heavy atom. The van der Waals surface area contributed by atoms with Crippen molar-refractivity contribution in [2.75, 3.05) is 18.9 Å². The van der Waals surface area contributed by atoms with Crippen LogP contribution in [0.5, 0.6) is 0 Å². The van der Waals surface area contributed by atoms with Crippen molar-refractivity contribution in [3.05, 3.63) is 22.1 Å². The van der Waals surface area contributed by atoms with Gasteiger partial charge in [0.2, 0.25) is 0 Å². The number of anilines is 1. The highest BCUT2D eigenvalue weighted by Gasteiger charge is 2.28. The molecule has 1 atom stereocenters. The number of nitrogens with two attached hydrogens (primary N) is 1. The van der Waals surface area contributed by atoms with Crippen molar-refractivity contribution in [1.29, 1.82) is 0 Å². The van der Waals surface area contributed by atoms with Crippen LogP contribution >= 0.6 is 0 Å². The summed E-state index contributed by atoms with van der Waals surface area (Å²) in [6, 6.07) is 1.79. The van der Waals surface area contributed by atoms with Crippen LogP contribution in [0.1, 0.15) is 36.9 Å². The van der Waals surface area contributed by atoms with E-state index >= 15 is 0 Å². The lowest BCUT2D eigenvalue weighted by Gasteiger charge is -2.12. The maximum Gasteiger partial charge on any atom is 0.290 e. The molecular formula is C11H15N3O2. The standard InChI is InChI=1S/C11H15N3O2/c12-9-5-10(7-1-2-7)13-14(11(9)15)8-3-4-16-6-8/h5,7-8H,1-4,6,12H2/t8-/m1/s1. The molecule has 1 aliphatic carbocycles. The Labute approximate surface area is 93.2 Å². The van der Waals surface area contributed by atoms with Crippen LogP contribution in [0, 0.1) is 0 Å². The van der Waals surface area contributed by atoms with Gasteiger partial charge in [-0.25, -0.2) is 4.68 Å². The van der Waals surface area contributed by atoms with Gasteiger partial charge in [-0.3, -0.25) is 4.79 Å². The minimum Gasteiger partial charge on any atom is -0.394 e. The fourth-order valence-electron chi connectivity index (χ4n) is 2.09. The highest BCUT2D eigenvalue weighted by molar-refractivity contribution is 5.37. The van der Waals surface area contributed by atoms with E-state index in [2.05, 4.69) is 5.10 Å². The third-order valence-corrected chi connectivity index (χ3v) is 3.23. The fourth-order valence-corrected chi connectivity index (χ4v) is 2.09. The van der Waals surface area contributed by atoms with Crippen molar-refractivity contribution in [3.8, 4) is 0 Å². The zero-order valence-corrected chi connectivity index (χ0v) is 9.06. The molecule has 0 radical (unpaired) electrons. The molecule has 1 saturated heterocycles. The zero-order valence-electron chi connectivity index (χ0n) is 9.06. The first-order valence-electron chi connectivity index (χ1n) is 5.72. The van der Waals surface area contributed by atoms with E-state index in [1.54, 1.807) is 6.07 Å². The van der Waals surface area contributed by atoms with Gasteiger partial charge in [-0.05, 0) is 25.3 Å². The monoisotopic (exact) mass is 221 g/mol. The van der Waals surface area contributed by atoms with Gasteiger partial charge in [0.25, 0.3) is 5.56 Å². The Hall–Kier alpha value is -1.36. The summed E-state index contributed by atoms with van der Waals surface area (Å²) in [6.45, 7) is 1.27. The number of hydrogen-bond donors (Lipinski definition) is 1. The molecule has 16 heavy (non-hydrogen) atoms. The van der Waals surface area contributed by atoms with Crippen molar-refractivity contribution >= 4 is 5.69 Å². The van der Waals surface area contributed by atoms with E-state index in [1.165, 1.54) is 4.68 Å². The number of aromatic nitrogens is 2. The molecule has 0 bridgehead atoms. The molecule has 2 heterocycles. The van der Waals surface area contributed by atoms with Crippen molar-refractivity contribution in [1.82, 2.24) is 9.78 Å². The molecule has 86 valence electrons. The summed E-state index contributed by atoms with van der Waals surface area (Å²) in [5.41, 5.74) is 6.83. The molecule has 1 aromatic heterocycles. The van der Waals surface area contributed by atoms with Crippen LogP contribution < -0.4 is 11.3 Å². The normalized spacial score (nSPS) is 24.9. The third-order valence-electron chi connectivity index (χ3n) is 3.23. The van der Waals surface area contributed by atoms with E-state index < -0.39 is 0 Å². The van der Waals surface area contributed by atoms with Gasteiger partial charge in [0.05, 0.1) is 18.3 Å². The topological polar surface area (TPSA) is 70.1 Å². The average molecular weight is 221 g/mol. The molecule has 1 saturated carbocycles. The van der Waals surface area contributed by atoms with E-state index in [9.17, 15) is 4.79 Å². The van der Waals surface area contributed by atoms with Crippen molar-refractivity contribution < 1.29 is 4.74 Å². The van der Waals surface area contributed by atoms with Gasteiger partial charge in [0.1, 0.15) is 5.69 Å². The number of hydrogen-bond acceptors (Lipinski definition) is 4. The van der Waals surface area contributed by atoms with E-state index in [4.69, 9.17) is 10.5 Å². The molecule has 2 aliphatic rings. The highest BCUT2D eigenvalue weighted by Crippen LogP contribution is 2.39. The molecule has 2 N–H and O–H groups in total. The molecular weight excluding hydrogens is 206 g/mol. The lowest BCUT2D eigenvalue weighted by Crippen LogP contribution is -2.30. The number of ether oxygens (including phenoxy) is 1. The Morgan fingerprint density at radius 2 is 2.25 bits per heavy atom. The number of rotatable bonds is 2. The maximum atomic E-state index is 11.9. The summed E-state index contributed by atoms with van der Waals surface area (Å²) < 4.78 is 6.81. The SMILES string of the molecule is Nc1cc(C2CC2)nn([C@@H]2CCOC2)c1=O. The summed E-state index contributed by atoms with van der Waals surface area (Å²) >= 11 is 0. The number of nitrogens with zero attached hydrogens (tertiary/aromatic N) is 2. The van der Waals surface area contributed by atoms with Gasteiger partial charge in [-0.2, -0.15) is 5.10 Å². The minimum atomic E-state index is -0.181. The fraction of sp³-hybridized carbons (Fsp3) is 0.636. The van der Waals surface area contributed by atoms with Crippen molar-refractivity contribution in [2.45, 2.75) is 31.2 Å². The Kier molecular flexibility index (Phi) is 2.21. The van der Waals surface area contributed by atoms with Crippen LogP contribution in [0.3, 0.4) is 0 Å². The Morgan fingerprint density at radius 1 is 1.44 bits per heavy atom. The summed E-state index contributed by atoms with van der Waals surface area (Å²) in [5, 5.41) is 4.42. The van der Waals surface area contributed by atoms with Gasteiger partial charge < -0.3 is 10.5 Å². The van der Waals surface area contributed by atoms with Crippen molar-refractivity contribution in [3.63, 3.8) is 0 Å². The predicted molar refractivity (Wildman–Crippen MR) is 59.4 cm³/mol. The zero-order chi connectivity index (χ0) is 11.1. The molecule has 2 fully saturated rings.